The highest BCUT2D eigenvalue weighted by molar-refractivity contribution is 6.09. The number of aromatic nitrogens is 4. The van der Waals surface area contributed by atoms with Crippen molar-refractivity contribution in [2.75, 3.05) is 0 Å². The van der Waals surface area contributed by atoms with Gasteiger partial charge in [-0.25, -0.2) is 9.67 Å². The molecule has 0 N–H and O–H groups in total. The molecular weight excluding hydrogens is 613 g/mol. The van der Waals surface area contributed by atoms with Crippen LogP contribution in [0, 0.1) is 18.8 Å². The highest BCUT2D eigenvalue weighted by Gasteiger charge is 2.33. The molecule has 0 radical (unpaired) electrons. The Morgan fingerprint density at radius 1 is 0.740 bits per heavy atom. The van der Waals surface area contributed by atoms with Gasteiger partial charge >= 0.3 is 0 Å². The van der Waals surface area contributed by atoms with Gasteiger partial charge in [-0.2, -0.15) is 5.10 Å². The average molecular weight is 665 g/mol. The van der Waals surface area contributed by atoms with E-state index >= 15 is 0 Å². The molecule has 3 aromatic heterocycles. The lowest BCUT2D eigenvalue weighted by Gasteiger charge is -2.33. The quantitative estimate of drug-likeness (QED) is 0.152. The van der Waals surface area contributed by atoms with Crippen molar-refractivity contribution in [3.63, 3.8) is 0 Å². The van der Waals surface area contributed by atoms with Crippen molar-refractivity contribution in [2.45, 2.75) is 99.3 Å². The zero-order chi connectivity index (χ0) is 35.4. The first-order valence-corrected chi connectivity index (χ1v) is 18.5. The lowest BCUT2D eigenvalue weighted by Crippen LogP contribution is -2.21. The van der Waals surface area contributed by atoms with Crippen molar-refractivity contribution >= 4 is 21.8 Å². The molecule has 3 atom stereocenters. The van der Waals surface area contributed by atoms with E-state index in [4.69, 9.17) is 14.8 Å². The number of nitrogens with zero attached hydrogens (tertiary/aromatic N) is 4. The summed E-state index contributed by atoms with van der Waals surface area (Å²) >= 11 is 0. The third-order valence-electron chi connectivity index (χ3n) is 10.7. The second-order valence-electron chi connectivity index (χ2n) is 15.7. The fourth-order valence-electron chi connectivity index (χ4n) is 8.43. The van der Waals surface area contributed by atoms with Crippen LogP contribution in [0.2, 0.25) is 0 Å². The van der Waals surface area contributed by atoms with Gasteiger partial charge in [-0.05, 0) is 103 Å². The molecular formula is C45H52N4O. The molecule has 0 spiro atoms. The zero-order valence-corrected chi connectivity index (χ0v) is 31.5. The van der Waals surface area contributed by atoms with Crippen LogP contribution in [0.1, 0.15) is 120 Å². The Kier molecular flexibility index (Phi) is 8.96. The first-order chi connectivity index (χ1) is 23.9. The Morgan fingerprint density at radius 3 is 2.20 bits per heavy atom. The molecule has 0 fully saturated rings. The fraction of sp³-hybridized carbons (Fsp3) is 0.378. The number of hydrogen-bond acceptors (Lipinski definition) is 3. The van der Waals surface area contributed by atoms with Crippen molar-refractivity contribution in [3.05, 3.63) is 119 Å². The van der Waals surface area contributed by atoms with Gasteiger partial charge in [0.05, 0.1) is 28.1 Å². The van der Waals surface area contributed by atoms with E-state index in [0.29, 0.717) is 35.5 Å². The molecule has 1 unspecified atom stereocenters. The molecule has 50 heavy (non-hydrogen) atoms. The third-order valence-corrected chi connectivity index (χ3v) is 10.7. The van der Waals surface area contributed by atoms with Gasteiger partial charge in [0.1, 0.15) is 17.3 Å². The molecule has 0 saturated carbocycles. The third kappa shape index (κ3) is 6.05. The molecule has 0 saturated heterocycles. The summed E-state index contributed by atoms with van der Waals surface area (Å²) in [4.78, 5) is 4.84. The van der Waals surface area contributed by atoms with E-state index in [-0.39, 0.29) is 0 Å². The van der Waals surface area contributed by atoms with Gasteiger partial charge in [0.25, 0.3) is 0 Å². The minimum Gasteiger partial charge on any atom is -0.457 e. The number of hydrogen-bond donors (Lipinski definition) is 0. The van der Waals surface area contributed by atoms with Gasteiger partial charge in [0.2, 0.25) is 0 Å². The van der Waals surface area contributed by atoms with E-state index in [9.17, 15) is 0 Å². The SMILES string of the molecule is CC1=C[C@H](C)CC(C)[C@H]1c1c(C)nn(-c2cc(Oc3ccc4c5ccccc5n(-c5cc(C(C)C)ccn5)c4c3)cc(C(C)C)c2)c1C(C)C. The molecule has 0 amide bonds. The van der Waals surface area contributed by atoms with E-state index in [2.05, 4.69) is 157 Å². The molecule has 5 nitrogen and oxygen atoms in total. The van der Waals surface area contributed by atoms with Crippen LogP contribution in [0.5, 0.6) is 11.5 Å². The second kappa shape index (κ2) is 13.2. The number of ether oxygens (including phenoxy) is 1. The Hall–Kier alpha value is -4.64. The van der Waals surface area contributed by atoms with Crippen molar-refractivity contribution in [1.29, 1.82) is 0 Å². The van der Waals surface area contributed by atoms with E-state index in [1.165, 1.54) is 45.2 Å². The monoisotopic (exact) mass is 664 g/mol. The van der Waals surface area contributed by atoms with Gasteiger partial charge in [-0.3, -0.25) is 4.57 Å². The van der Waals surface area contributed by atoms with Gasteiger partial charge < -0.3 is 4.74 Å². The van der Waals surface area contributed by atoms with E-state index in [0.717, 1.165) is 39.7 Å². The predicted molar refractivity (Wildman–Crippen MR) is 209 cm³/mol. The largest absolute Gasteiger partial charge is 0.457 e. The number of aryl methyl sites for hydroxylation is 1. The lowest BCUT2D eigenvalue weighted by molar-refractivity contribution is 0.389. The normalized spacial score (nSPS) is 18.2. The van der Waals surface area contributed by atoms with Crippen molar-refractivity contribution in [1.82, 2.24) is 19.3 Å². The summed E-state index contributed by atoms with van der Waals surface area (Å²) in [5.41, 5.74) is 11.0. The highest BCUT2D eigenvalue weighted by atomic mass is 16.5. The Balaban J connectivity index is 1.34. The number of benzene rings is 3. The predicted octanol–water partition coefficient (Wildman–Crippen LogP) is 12.5. The first kappa shape index (κ1) is 33.8. The van der Waals surface area contributed by atoms with Crippen LogP contribution in [0.25, 0.3) is 33.3 Å². The van der Waals surface area contributed by atoms with Crippen LogP contribution >= 0.6 is 0 Å². The van der Waals surface area contributed by atoms with Gasteiger partial charge in [0, 0.05) is 40.6 Å². The zero-order valence-electron chi connectivity index (χ0n) is 31.5. The van der Waals surface area contributed by atoms with Crippen LogP contribution < -0.4 is 4.74 Å². The summed E-state index contributed by atoms with van der Waals surface area (Å²) < 4.78 is 11.3. The number of para-hydroxylation sites is 1. The molecule has 1 aliphatic rings. The topological polar surface area (TPSA) is 44.9 Å². The summed E-state index contributed by atoms with van der Waals surface area (Å²) in [5, 5.41) is 7.65. The molecule has 3 aromatic carbocycles. The van der Waals surface area contributed by atoms with Gasteiger partial charge in [-0.15, -0.1) is 0 Å². The standard InChI is InChI=1S/C45H52N4O/c1-26(2)33-17-18-46-42(23-33)48-40-14-12-11-13-38(40)39-16-15-36(25-41(39)48)50-37-22-34(27(3)4)21-35(24-37)49-45(28(5)6)44(32(10)47-49)43-30(8)19-29(7)20-31(43)9/h11-19,21-29,31,43H,20H2,1-10H3/t29-,31?,43-/m0/s1. The van der Waals surface area contributed by atoms with Gasteiger partial charge in [-0.1, -0.05) is 85.2 Å². The number of pyridine rings is 1. The summed E-state index contributed by atoms with van der Waals surface area (Å²) in [6.45, 7) is 22.8. The van der Waals surface area contributed by atoms with Crippen LogP contribution in [-0.4, -0.2) is 19.3 Å². The van der Waals surface area contributed by atoms with E-state index in [1.54, 1.807) is 0 Å². The van der Waals surface area contributed by atoms with Crippen LogP contribution in [0.4, 0.5) is 0 Å². The number of allylic oxidation sites excluding steroid dienone is 2. The summed E-state index contributed by atoms with van der Waals surface area (Å²) in [6, 6.07) is 26.0. The van der Waals surface area contributed by atoms with Crippen LogP contribution in [0.3, 0.4) is 0 Å². The Bertz CT molecular complexity index is 2230. The van der Waals surface area contributed by atoms with E-state index in [1.807, 2.05) is 6.20 Å². The van der Waals surface area contributed by atoms with Crippen molar-refractivity contribution in [3.8, 4) is 23.0 Å². The maximum absolute atomic E-state index is 6.80. The first-order valence-electron chi connectivity index (χ1n) is 18.5. The molecule has 5 heteroatoms. The second-order valence-corrected chi connectivity index (χ2v) is 15.7. The minimum absolute atomic E-state index is 0.310. The van der Waals surface area contributed by atoms with Gasteiger partial charge in [0.15, 0.2) is 0 Å². The highest BCUT2D eigenvalue weighted by Crippen LogP contribution is 2.45. The Morgan fingerprint density at radius 2 is 1.48 bits per heavy atom. The molecule has 6 aromatic rings. The fourth-order valence-corrected chi connectivity index (χ4v) is 8.43. The minimum atomic E-state index is 0.310. The summed E-state index contributed by atoms with van der Waals surface area (Å²) in [5.74, 6) is 5.13. The Labute approximate surface area is 298 Å². The summed E-state index contributed by atoms with van der Waals surface area (Å²) in [7, 11) is 0. The summed E-state index contributed by atoms with van der Waals surface area (Å²) in [6.07, 6.45) is 5.60. The van der Waals surface area contributed by atoms with Crippen LogP contribution in [-0.2, 0) is 0 Å². The molecule has 3 heterocycles. The maximum Gasteiger partial charge on any atom is 0.137 e. The van der Waals surface area contributed by atoms with Crippen LogP contribution in [0.15, 0.2) is 90.6 Å². The molecule has 0 aliphatic heterocycles. The number of fused-ring (bicyclic) bond motifs is 3. The molecule has 7 rings (SSSR count). The lowest BCUT2D eigenvalue weighted by atomic mass is 9.71. The average Bonchev–Trinajstić information content (AvgIpc) is 3.58. The molecule has 258 valence electrons. The molecule has 1 aliphatic carbocycles. The number of rotatable bonds is 8. The molecule has 0 bridgehead atoms. The van der Waals surface area contributed by atoms with Crippen molar-refractivity contribution in [2.24, 2.45) is 11.8 Å². The smallest absolute Gasteiger partial charge is 0.137 e. The van der Waals surface area contributed by atoms with Crippen molar-refractivity contribution < 1.29 is 4.74 Å². The van der Waals surface area contributed by atoms with E-state index < -0.39 is 0 Å². The maximum atomic E-state index is 6.80.